The lowest BCUT2D eigenvalue weighted by molar-refractivity contribution is -0.163. The van der Waals surface area contributed by atoms with Crippen molar-refractivity contribution < 1.29 is 23.8 Å². The number of aryl methyl sites for hydroxylation is 1. The van der Waals surface area contributed by atoms with Crippen molar-refractivity contribution in [3.8, 4) is 5.75 Å². The number of esters is 2. The minimum absolute atomic E-state index is 0.113. The van der Waals surface area contributed by atoms with Gasteiger partial charge in [0, 0.05) is 12.6 Å². The molecule has 158 valence electrons. The quantitative estimate of drug-likeness (QED) is 0.517. The van der Waals surface area contributed by atoms with Gasteiger partial charge in [-0.05, 0) is 61.1 Å². The largest absolute Gasteiger partial charge is 0.496 e. The fourth-order valence-electron chi connectivity index (χ4n) is 3.74. The van der Waals surface area contributed by atoms with Gasteiger partial charge in [-0.2, -0.15) is 0 Å². The van der Waals surface area contributed by atoms with Crippen LogP contribution in [0.2, 0.25) is 0 Å². The van der Waals surface area contributed by atoms with Gasteiger partial charge in [-0.1, -0.05) is 30.3 Å². The summed E-state index contributed by atoms with van der Waals surface area (Å²) in [7, 11) is 1.65. The third kappa shape index (κ3) is 4.08. The van der Waals surface area contributed by atoms with Gasteiger partial charge in [0.25, 0.3) is 5.54 Å². The normalized spacial score (nSPS) is 14.0. The van der Waals surface area contributed by atoms with Crippen molar-refractivity contribution in [3.05, 3.63) is 64.2 Å². The molecule has 6 heteroatoms. The first-order chi connectivity index (χ1) is 14.4. The van der Waals surface area contributed by atoms with E-state index in [2.05, 4.69) is 11.1 Å². The lowest BCUT2D eigenvalue weighted by Crippen LogP contribution is -2.51. The molecule has 3 rings (SSSR count). The third-order valence-electron chi connectivity index (χ3n) is 5.25. The molecule has 0 saturated heterocycles. The second-order valence-corrected chi connectivity index (χ2v) is 7.20. The van der Waals surface area contributed by atoms with Gasteiger partial charge in [0.15, 0.2) is 0 Å². The first-order valence-electron chi connectivity index (χ1n) is 10.1. The molecule has 1 aliphatic rings. The topological polar surface area (TPSA) is 74.2 Å². The van der Waals surface area contributed by atoms with Crippen molar-refractivity contribution in [3.63, 3.8) is 0 Å². The number of rotatable bonds is 7. The van der Waals surface area contributed by atoms with Crippen LogP contribution in [0, 0.1) is 6.92 Å². The number of benzene rings is 2. The number of hydrogen-bond donors (Lipinski definition) is 0. The van der Waals surface area contributed by atoms with E-state index in [0.717, 1.165) is 33.6 Å². The lowest BCUT2D eigenvalue weighted by Gasteiger charge is -2.30. The van der Waals surface area contributed by atoms with E-state index in [4.69, 9.17) is 14.2 Å². The minimum atomic E-state index is -1.70. The summed E-state index contributed by atoms with van der Waals surface area (Å²) in [5.41, 5.74) is 3.28. The Hall–Kier alpha value is -3.15. The van der Waals surface area contributed by atoms with Gasteiger partial charge in [-0.15, -0.1) is 0 Å². The van der Waals surface area contributed by atoms with Crippen LogP contribution >= 0.6 is 0 Å². The van der Waals surface area contributed by atoms with Crippen molar-refractivity contribution in [2.45, 2.75) is 39.2 Å². The summed E-state index contributed by atoms with van der Waals surface area (Å²) in [4.78, 5) is 29.9. The molecule has 30 heavy (non-hydrogen) atoms. The third-order valence-corrected chi connectivity index (χ3v) is 5.25. The highest BCUT2D eigenvalue weighted by molar-refractivity contribution is 6.08. The van der Waals surface area contributed by atoms with E-state index in [1.165, 1.54) is 0 Å². The van der Waals surface area contributed by atoms with Gasteiger partial charge >= 0.3 is 11.9 Å². The van der Waals surface area contributed by atoms with Gasteiger partial charge in [-0.25, -0.2) is 9.59 Å². The Labute approximate surface area is 176 Å². The summed E-state index contributed by atoms with van der Waals surface area (Å²) in [6, 6.07) is 12.0. The molecule has 0 bridgehead atoms. The molecule has 0 fully saturated rings. The molecule has 0 N–H and O–H groups in total. The van der Waals surface area contributed by atoms with Gasteiger partial charge in [-0.3, -0.25) is 4.99 Å². The highest BCUT2D eigenvalue weighted by Gasteiger charge is 2.50. The molecule has 0 amide bonds. The zero-order valence-electron chi connectivity index (χ0n) is 17.9. The fourth-order valence-corrected chi connectivity index (χ4v) is 3.74. The zero-order valence-corrected chi connectivity index (χ0v) is 17.9. The summed E-state index contributed by atoms with van der Waals surface area (Å²) < 4.78 is 15.7. The van der Waals surface area contributed by atoms with Crippen LogP contribution in [0.5, 0.6) is 5.75 Å². The van der Waals surface area contributed by atoms with Gasteiger partial charge in [0.2, 0.25) is 0 Å². The molecule has 0 atom stereocenters. The Bertz CT molecular complexity index is 962. The maximum Gasteiger partial charge on any atom is 0.346 e. The van der Waals surface area contributed by atoms with E-state index in [-0.39, 0.29) is 19.6 Å². The van der Waals surface area contributed by atoms with E-state index in [9.17, 15) is 9.59 Å². The maximum atomic E-state index is 12.8. The number of carbonyl (C=O) groups excluding carboxylic acids is 2. The van der Waals surface area contributed by atoms with Crippen LogP contribution in [0.1, 0.15) is 41.7 Å². The maximum absolute atomic E-state index is 12.8. The van der Waals surface area contributed by atoms with Crippen LogP contribution in [0.25, 0.3) is 0 Å². The Morgan fingerprint density at radius 1 is 1.07 bits per heavy atom. The van der Waals surface area contributed by atoms with Crippen molar-refractivity contribution in [2.24, 2.45) is 4.99 Å². The second kappa shape index (κ2) is 9.11. The van der Waals surface area contributed by atoms with Gasteiger partial charge in [0.05, 0.1) is 20.3 Å². The van der Waals surface area contributed by atoms with Crippen LogP contribution in [0.15, 0.2) is 41.4 Å². The highest BCUT2D eigenvalue weighted by Crippen LogP contribution is 2.31. The number of ether oxygens (including phenoxy) is 3. The number of carbonyl (C=O) groups is 2. The van der Waals surface area contributed by atoms with Crippen molar-refractivity contribution in [1.82, 2.24) is 0 Å². The molecule has 0 unspecified atom stereocenters. The smallest absolute Gasteiger partial charge is 0.346 e. The Balaban J connectivity index is 2.00. The van der Waals surface area contributed by atoms with E-state index < -0.39 is 17.5 Å². The number of nitrogens with zero attached hydrogens (tertiary/aromatic N) is 1. The molecule has 0 spiro atoms. The second-order valence-electron chi connectivity index (χ2n) is 7.20. The average molecular weight is 409 g/mol. The van der Waals surface area contributed by atoms with Crippen molar-refractivity contribution in [2.75, 3.05) is 20.3 Å². The molecular formula is C24H27NO5. The van der Waals surface area contributed by atoms with Crippen LogP contribution in [-0.4, -0.2) is 44.0 Å². The van der Waals surface area contributed by atoms with E-state index in [1.54, 1.807) is 27.2 Å². The predicted molar refractivity (Wildman–Crippen MR) is 114 cm³/mol. The first-order valence-corrected chi connectivity index (χ1v) is 10.1. The zero-order chi connectivity index (χ0) is 21.7. The van der Waals surface area contributed by atoms with E-state index in [1.807, 2.05) is 37.3 Å². The lowest BCUT2D eigenvalue weighted by atomic mass is 9.82. The van der Waals surface area contributed by atoms with Gasteiger partial charge < -0.3 is 14.2 Å². The molecule has 0 aromatic heterocycles. The van der Waals surface area contributed by atoms with Gasteiger partial charge in [0.1, 0.15) is 5.75 Å². The molecule has 0 aliphatic carbocycles. The molecule has 2 aromatic carbocycles. The number of aliphatic imine (C=N–C) groups is 1. The molecule has 1 aliphatic heterocycles. The SMILES string of the molecule is CCOC(=O)C1(C(=O)OCC)Cc2c(cccc2Cc2ccc(OC)c(C)c2)C=N1. The van der Waals surface area contributed by atoms with Crippen LogP contribution in [-0.2, 0) is 31.9 Å². The van der Waals surface area contributed by atoms with Crippen LogP contribution in [0.3, 0.4) is 0 Å². The first kappa shape index (κ1) is 21.6. The van der Waals surface area contributed by atoms with Crippen LogP contribution < -0.4 is 4.74 Å². The Morgan fingerprint density at radius 3 is 2.37 bits per heavy atom. The van der Waals surface area contributed by atoms with Crippen LogP contribution in [0.4, 0.5) is 0 Å². The number of methoxy groups -OCH3 is 1. The molecule has 1 heterocycles. The van der Waals surface area contributed by atoms with Crippen molar-refractivity contribution >= 4 is 18.2 Å². The predicted octanol–water partition coefficient (Wildman–Crippen LogP) is 3.43. The average Bonchev–Trinajstić information content (AvgIpc) is 2.74. The summed E-state index contributed by atoms with van der Waals surface area (Å²) in [6.45, 7) is 5.73. The molecule has 6 nitrogen and oxygen atoms in total. The molecule has 0 radical (unpaired) electrons. The Morgan fingerprint density at radius 2 is 1.77 bits per heavy atom. The summed E-state index contributed by atoms with van der Waals surface area (Å²) >= 11 is 0. The minimum Gasteiger partial charge on any atom is -0.496 e. The summed E-state index contributed by atoms with van der Waals surface area (Å²) in [5.74, 6) is -0.523. The van der Waals surface area contributed by atoms with E-state index in [0.29, 0.717) is 6.42 Å². The molecular weight excluding hydrogens is 382 g/mol. The fraction of sp³-hybridized carbons (Fsp3) is 0.375. The van der Waals surface area contributed by atoms with Crippen molar-refractivity contribution in [1.29, 1.82) is 0 Å². The standard InChI is InChI=1S/C24H27NO5/c1-5-29-22(26)24(23(27)30-6-2)14-20-18(8-7-9-19(20)15-25-24)13-17-10-11-21(28-4)16(3)12-17/h7-12,15H,5-6,13-14H2,1-4H3. The highest BCUT2D eigenvalue weighted by atomic mass is 16.6. The summed E-state index contributed by atoms with van der Waals surface area (Å²) in [6.07, 6.45) is 2.35. The Kier molecular flexibility index (Phi) is 6.55. The monoisotopic (exact) mass is 409 g/mol. The molecule has 0 saturated carbocycles. The van der Waals surface area contributed by atoms with E-state index >= 15 is 0 Å². The molecule has 2 aromatic rings. The number of fused-ring (bicyclic) bond motifs is 1. The summed E-state index contributed by atoms with van der Waals surface area (Å²) in [5, 5.41) is 0. The number of hydrogen-bond acceptors (Lipinski definition) is 6.